The van der Waals surface area contributed by atoms with Crippen LogP contribution in [0.1, 0.15) is 27.8 Å². The maximum Gasteiger partial charge on any atom is 0.0547 e. The second kappa shape index (κ2) is 16.0. The molecule has 9 aromatic carbocycles. The Morgan fingerprint density at radius 2 is 0.597 bits per heavy atom. The van der Waals surface area contributed by atoms with Crippen LogP contribution in [-0.2, 0) is 0 Å². The van der Waals surface area contributed by atoms with Crippen LogP contribution in [0.25, 0.3) is 111 Å². The molecule has 3 heteroatoms. The Kier molecular flexibility index (Phi) is 9.62. The van der Waals surface area contributed by atoms with Crippen LogP contribution < -0.4 is 0 Å². The summed E-state index contributed by atoms with van der Waals surface area (Å²) in [4.78, 5) is 4.52. The summed E-state index contributed by atoms with van der Waals surface area (Å²) in [5.74, 6) is 0. The van der Waals surface area contributed by atoms with Gasteiger partial charge in [0.2, 0.25) is 0 Å². The van der Waals surface area contributed by atoms with Crippen molar-refractivity contribution in [1.82, 2.24) is 14.1 Å². The quantitative estimate of drug-likeness (QED) is 0.157. The summed E-state index contributed by atoms with van der Waals surface area (Å²) in [7, 11) is 0. The number of pyridine rings is 1. The van der Waals surface area contributed by atoms with Crippen LogP contribution in [0.3, 0.4) is 0 Å². The molecule has 3 nitrogen and oxygen atoms in total. The van der Waals surface area contributed by atoms with Crippen molar-refractivity contribution in [2.24, 2.45) is 0 Å². The van der Waals surface area contributed by atoms with Crippen LogP contribution in [0.2, 0.25) is 0 Å². The minimum atomic E-state index is 1.10. The fourth-order valence-electron chi connectivity index (χ4n) is 10.7. The van der Waals surface area contributed by atoms with Crippen molar-refractivity contribution in [2.75, 3.05) is 0 Å². The highest BCUT2D eigenvalue weighted by Gasteiger charge is 2.23. The Hall–Kier alpha value is -8.27. The number of fused-ring (bicyclic) bond motifs is 6. The number of benzene rings is 9. The van der Waals surface area contributed by atoms with E-state index in [1.807, 2.05) is 12.4 Å². The molecule has 0 saturated heterocycles. The third-order valence-electron chi connectivity index (χ3n) is 14.1. The largest absolute Gasteiger partial charge is 0.309 e. The van der Waals surface area contributed by atoms with Gasteiger partial charge in [0, 0.05) is 45.2 Å². The van der Waals surface area contributed by atoms with E-state index in [1.165, 1.54) is 116 Å². The molecule has 0 aliphatic rings. The molecule has 12 rings (SSSR count). The van der Waals surface area contributed by atoms with Crippen LogP contribution in [0.4, 0.5) is 0 Å². The lowest BCUT2D eigenvalue weighted by atomic mass is 9.98. The molecule has 0 spiro atoms. The van der Waals surface area contributed by atoms with Gasteiger partial charge in [-0.2, -0.15) is 0 Å². The highest BCUT2D eigenvalue weighted by Crippen LogP contribution is 2.44. The van der Waals surface area contributed by atoms with Gasteiger partial charge in [-0.1, -0.05) is 146 Å². The Bertz CT molecular complexity index is 3710. The van der Waals surface area contributed by atoms with Gasteiger partial charge >= 0.3 is 0 Å². The number of aromatic nitrogens is 3. The van der Waals surface area contributed by atoms with Gasteiger partial charge in [0.15, 0.2) is 0 Å². The fraction of sp³-hybridized carbons (Fsp3) is 0.0781. The third-order valence-corrected chi connectivity index (χ3v) is 14.1. The molecule has 0 aliphatic heterocycles. The van der Waals surface area contributed by atoms with Gasteiger partial charge in [0.25, 0.3) is 0 Å². The molecule has 3 heterocycles. The average Bonchev–Trinajstić information content (AvgIpc) is 3.85. The Balaban J connectivity index is 1.18. The molecule has 0 fully saturated rings. The van der Waals surface area contributed by atoms with E-state index in [-0.39, 0.29) is 0 Å². The zero-order chi connectivity index (χ0) is 45.3. The Morgan fingerprint density at radius 3 is 0.940 bits per heavy atom. The molecule has 0 bridgehead atoms. The monoisotopic (exact) mass is 859 g/mol. The van der Waals surface area contributed by atoms with Crippen molar-refractivity contribution in [2.45, 2.75) is 34.6 Å². The van der Waals surface area contributed by atoms with Gasteiger partial charge in [-0.3, -0.25) is 4.98 Å². The molecular weight excluding hydrogens is 811 g/mol. The van der Waals surface area contributed by atoms with Gasteiger partial charge in [-0.15, -0.1) is 0 Å². The Morgan fingerprint density at radius 1 is 0.269 bits per heavy atom. The lowest BCUT2D eigenvalue weighted by Gasteiger charge is -2.20. The fourth-order valence-corrected chi connectivity index (χ4v) is 10.7. The van der Waals surface area contributed by atoms with Crippen molar-refractivity contribution in [1.29, 1.82) is 0 Å². The molecule has 0 aliphatic carbocycles. The molecular formula is C64H49N3. The van der Waals surface area contributed by atoms with Crippen LogP contribution in [0.5, 0.6) is 0 Å². The highest BCUT2D eigenvalue weighted by molar-refractivity contribution is 6.13. The number of hydrogen-bond donors (Lipinski definition) is 0. The molecule has 320 valence electrons. The summed E-state index contributed by atoms with van der Waals surface area (Å²) < 4.78 is 5.05. The van der Waals surface area contributed by atoms with E-state index < -0.39 is 0 Å². The molecule has 0 N–H and O–H groups in total. The average molecular weight is 860 g/mol. The SMILES string of the molecule is Cc1ccccc1-c1ccc2c3ccc(-c4ccccc4C)cc3n(-c3cc(-c4ccncc4)c(-n4c5cc(-c6ccccc6C)ccc5c5ccc(-c6ccccc6C)cc54)cc3C)c2c1. The normalized spacial score (nSPS) is 11.7. The Labute approximate surface area is 391 Å². The van der Waals surface area contributed by atoms with E-state index in [0.29, 0.717) is 0 Å². The van der Waals surface area contributed by atoms with Gasteiger partial charge in [-0.25, -0.2) is 0 Å². The van der Waals surface area contributed by atoms with Crippen LogP contribution in [0, 0.1) is 34.6 Å². The first-order chi connectivity index (χ1) is 32.8. The topological polar surface area (TPSA) is 22.8 Å². The minimum absolute atomic E-state index is 1.10. The van der Waals surface area contributed by atoms with Crippen LogP contribution in [-0.4, -0.2) is 14.1 Å². The maximum atomic E-state index is 4.52. The third kappa shape index (κ3) is 6.69. The van der Waals surface area contributed by atoms with Gasteiger partial charge < -0.3 is 9.13 Å². The van der Waals surface area contributed by atoms with Crippen molar-refractivity contribution >= 4 is 43.6 Å². The summed E-state index contributed by atoms with van der Waals surface area (Å²) in [6, 6.07) is 72.1. The molecule has 3 aromatic heterocycles. The number of rotatable bonds is 7. The predicted octanol–water partition coefficient (Wildman–Crippen LogP) is 17.2. The van der Waals surface area contributed by atoms with Crippen molar-refractivity contribution in [3.8, 4) is 67.0 Å². The molecule has 12 aromatic rings. The first kappa shape index (κ1) is 40.3. The summed E-state index contributed by atoms with van der Waals surface area (Å²) in [5.41, 5.74) is 25.2. The van der Waals surface area contributed by atoms with Gasteiger partial charge in [-0.05, 0) is 161 Å². The van der Waals surface area contributed by atoms with E-state index >= 15 is 0 Å². The molecule has 0 radical (unpaired) electrons. The van der Waals surface area contributed by atoms with E-state index in [9.17, 15) is 0 Å². The maximum absolute atomic E-state index is 4.52. The second-order valence-corrected chi connectivity index (χ2v) is 18.2. The molecule has 0 unspecified atom stereocenters. The number of hydrogen-bond acceptors (Lipinski definition) is 1. The van der Waals surface area contributed by atoms with Crippen LogP contribution >= 0.6 is 0 Å². The smallest absolute Gasteiger partial charge is 0.0547 e. The summed E-state index contributed by atoms with van der Waals surface area (Å²) in [6.45, 7) is 11.1. The molecule has 0 amide bonds. The molecule has 67 heavy (non-hydrogen) atoms. The standard InChI is InChI=1S/C64H49N3/c1-40-14-6-10-18-50(40)46-22-26-54-55-27-23-47(51-19-11-7-15-41(51)2)36-62(55)66(61(54)35-46)59-39-58(45-30-32-65-33-31-45)60(34-44(59)5)67-63-37-48(52-20-12-8-16-42(52)3)24-28-56(63)57-29-25-49(38-64(57)67)53-21-13-9-17-43(53)4/h6-39H,1-5H3. The zero-order valence-electron chi connectivity index (χ0n) is 38.5. The summed E-state index contributed by atoms with van der Waals surface area (Å²) in [6.07, 6.45) is 3.83. The summed E-state index contributed by atoms with van der Waals surface area (Å²) >= 11 is 0. The van der Waals surface area contributed by atoms with E-state index in [0.717, 1.165) is 22.5 Å². The first-order valence-corrected chi connectivity index (χ1v) is 23.3. The lowest BCUT2D eigenvalue weighted by Crippen LogP contribution is -2.04. The van der Waals surface area contributed by atoms with Crippen molar-refractivity contribution < 1.29 is 0 Å². The predicted molar refractivity (Wildman–Crippen MR) is 284 cm³/mol. The molecule has 0 atom stereocenters. The van der Waals surface area contributed by atoms with Crippen molar-refractivity contribution in [3.63, 3.8) is 0 Å². The van der Waals surface area contributed by atoms with E-state index in [4.69, 9.17) is 0 Å². The van der Waals surface area contributed by atoms with Crippen LogP contribution in [0.15, 0.2) is 207 Å². The van der Waals surface area contributed by atoms with Crippen molar-refractivity contribution in [3.05, 3.63) is 234 Å². The number of nitrogens with zero attached hydrogens (tertiary/aromatic N) is 3. The van der Waals surface area contributed by atoms with Gasteiger partial charge in [0.05, 0.1) is 27.8 Å². The van der Waals surface area contributed by atoms with Gasteiger partial charge in [0.1, 0.15) is 0 Å². The minimum Gasteiger partial charge on any atom is -0.309 e. The first-order valence-electron chi connectivity index (χ1n) is 23.3. The van der Waals surface area contributed by atoms with E-state index in [2.05, 4.69) is 243 Å². The molecule has 0 saturated carbocycles. The van der Waals surface area contributed by atoms with E-state index in [1.54, 1.807) is 0 Å². The second-order valence-electron chi connectivity index (χ2n) is 18.2. The highest BCUT2D eigenvalue weighted by atomic mass is 15.0. The summed E-state index contributed by atoms with van der Waals surface area (Å²) in [5, 5.41) is 4.90. The lowest BCUT2D eigenvalue weighted by molar-refractivity contribution is 1.12. The number of aryl methyl sites for hydroxylation is 5. The zero-order valence-corrected chi connectivity index (χ0v) is 38.5.